The van der Waals surface area contributed by atoms with Crippen LogP contribution in [0.25, 0.3) is 0 Å². The molecule has 0 spiro atoms. The average molecular weight is 490 g/mol. The number of carbonyl (C=O) groups excluding carboxylic acids is 2. The zero-order valence-corrected chi connectivity index (χ0v) is 20.6. The standard InChI is InChI=1S/C25H32FN3O4S/c1-18-8-4-5-9-20(18)16-28(19(2)25(31)27-22-10-6-7-11-22)24(30)17-29(34(3,32)33)23-14-12-21(26)13-15-23/h4-5,8-9,12-15,19,22H,6-7,10-11,16-17H2,1-3H3,(H,27,31). The SMILES string of the molecule is Cc1ccccc1CN(C(=O)CN(c1ccc(F)cc1)S(C)(=O)=O)C(C)C(=O)NC1CCCC1. The lowest BCUT2D eigenvalue weighted by molar-refractivity contribution is -0.139. The van der Waals surface area contributed by atoms with E-state index in [0.717, 1.165) is 59.5 Å². The fraction of sp³-hybridized carbons (Fsp3) is 0.440. The van der Waals surface area contributed by atoms with Gasteiger partial charge in [0, 0.05) is 12.6 Å². The first-order chi connectivity index (χ1) is 16.1. The summed E-state index contributed by atoms with van der Waals surface area (Å²) in [5.41, 5.74) is 2.00. The number of hydrogen-bond donors (Lipinski definition) is 1. The molecule has 0 heterocycles. The molecule has 0 radical (unpaired) electrons. The van der Waals surface area contributed by atoms with E-state index < -0.39 is 34.3 Å². The van der Waals surface area contributed by atoms with Gasteiger partial charge in [-0.15, -0.1) is 0 Å². The van der Waals surface area contributed by atoms with Crippen molar-refractivity contribution in [3.05, 3.63) is 65.5 Å². The van der Waals surface area contributed by atoms with Gasteiger partial charge in [0.15, 0.2) is 0 Å². The van der Waals surface area contributed by atoms with Crippen LogP contribution in [0.2, 0.25) is 0 Å². The fourth-order valence-corrected chi connectivity index (χ4v) is 5.02. The van der Waals surface area contributed by atoms with Crippen LogP contribution >= 0.6 is 0 Å². The van der Waals surface area contributed by atoms with Crippen molar-refractivity contribution in [3.63, 3.8) is 0 Å². The van der Waals surface area contributed by atoms with Crippen LogP contribution in [0.15, 0.2) is 48.5 Å². The summed E-state index contributed by atoms with van der Waals surface area (Å²) in [6.07, 6.45) is 4.94. The lowest BCUT2D eigenvalue weighted by Gasteiger charge is -2.32. The third-order valence-corrected chi connectivity index (χ3v) is 7.41. The number of sulfonamides is 1. The maximum atomic E-state index is 13.5. The van der Waals surface area contributed by atoms with Crippen molar-refractivity contribution in [1.29, 1.82) is 0 Å². The molecule has 1 atom stereocenters. The van der Waals surface area contributed by atoms with Crippen molar-refractivity contribution in [2.45, 2.75) is 58.2 Å². The molecule has 2 amide bonds. The average Bonchev–Trinajstić information content (AvgIpc) is 3.29. The van der Waals surface area contributed by atoms with Gasteiger partial charge in [0.1, 0.15) is 18.4 Å². The van der Waals surface area contributed by atoms with Gasteiger partial charge in [-0.25, -0.2) is 12.8 Å². The lowest BCUT2D eigenvalue weighted by Crippen LogP contribution is -2.52. The lowest BCUT2D eigenvalue weighted by atomic mass is 10.1. The molecule has 2 aromatic carbocycles. The number of anilines is 1. The monoisotopic (exact) mass is 489 g/mol. The van der Waals surface area contributed by atoms with Gasteiger partial charge in [0.25, 0.3) is 0 Å². The molecule has 1 aliphatic carbocycles. The van der Waals surface area contributed by atoms with E-state index in [4.69, 9.17) is 0 Å². The number of carbonyl (C=O) groups is 2. The Morgan fingerprint density at radius 1 is 1.09 bits per heavy atom. The van der Waals surface area contributed by atoms with Crippen molar-refractivity contribution in [1.82, 2.24) is 10.2 Å². The summed E-state index contributed by atoms with van der Waals surface area (Å²) >= 11 is 0. The van der Waals surface area contributed by atoms with E-state index in [9.17, 15) is 22.4 Å². The predicted molar refractivity (Wildman–Crippen MR) is 130 cm³/mol. The Morgan fingerprint density at radius 2 is 1.71 bits per heavy atom. The van der Waals surface area contributed by atoms with Crippen LogP contribution in [-0.4, -0.2) is 50.0 Å². The third-order valence-electron chi connectivity index (χ3n) is 6.26. The van der Waals surface area contributed by atoms with E-state index in [1.807, 2.05) is 31.2 Å². The minimum atomic E-state index is -3.84. The number of nitrogens with zero attached hydrogens (tertiary/aromatic N) is 2. The van der Waals surface area contributed by atoms with Gasteiger partial charge >= 0.3 is 0 Å². The first-order valence-corrected chi connectivity index (χ1v) is 13.3. The second-order valence-corrected chi connectivity index (χ2v) is 10.8. The third kappa shape index (κ3) is 6.56. The summed E-state index contributed by atoms with van der Waals surface area (Å²) < 4.78 is 39.3. The zero-order chi connectivity index (χ0) is 24.9. The summed E-state index contributed by atoms with van der Waals surface area (Å²) in [5.74, 6) is -1.30. The molecule has 0 aromatic heterocycles. The zero-order valence-electron chi connectivity index (χ0n) is 19.8. The number of halogens is 1. The molecule has 7 nitrogen and oxygen atoms in total. The molecular formula is C25H32FN3O4S. The molecule has 0 saturated heterocycles. The van der Waals surface area contributed by atoms with Crippen molar-refractivity contribution in [2.75, 3.05) is 17.1 Å². The van der Waals surface area contributed by atoms with Gasteiger partial charge in [-0.3, -0.25) is 13.9 Å². The van der Waals surface area contributed by atoms with E-state index >= 15 is 0 Å². The Labute approximate surface area is 201 Å². The van der Waals surface area contributed by atoms with Gasteiger partial charge in [-0.2, -0.15) is 0 Å². The van der Waals surface area contributed by atoms with Crippen LogP contribution in [0.4, 0.5) is 10.1 Å². The number of nitrogens with one attached hydrogen (secondary N) is 1. The Morgan fingerprint density at radius 3 is 2.29 bits per heavy atom. The summed E-state index contributed by atoms with van der Waals surface area (Å²) in [6.45, 7) is 3.23. The molecule has 1 saturated carbocycles. The van der Waals surface area contributed by atoms with Crippen molar-refractivity contribution in [3.8, 4) is 0 Å². The minimum absolute atomic E-state index is 0.0945. The molecular weight excluding hydrogens is 457 g/mol. The Bertz CT molecular complexity index is 1120. The van der Waals surface area contributed by atoms with E-state index in [2.05, 4.69) is 5.32 Å². The number of aryl methyl sites for hydroxylation is 1. The van der Waals surface area contributed by atoms with Crippen LogP contribution < -0.4 is 9.62 Å². The highest BCUT2D eigenvalue weighted by molar-refractivity contribution is 7.92. The fourth-order valence-electron chi connectivity index (χ4n) is 4.17. The van der Waals surface area contributed by atoms with Crippen LogP contribution in [0.3, 0.4) is 0 Å². The highest BCUT2D eigenvalue weighted by Crippen LogP contribution is 2.21. The quantitative estimate of drug-likeness (QED) is 0.585. The molecule has 1 unspecified atom stereocenters. The maximum Gasteiger partial charge on any atom is 0.244 e. The van der Waals surface area contributed by atoms with Gasteiger partial charge in [-0.05, 0) is 62.1 Å². The van der Waals surface area contributed by atoms with E-state index in [1.165, 1.54) is 17.0 Å². The molecule has 0 aliphatic heterocycles. The smallest absolute Gasteiger partial charge is 0.244 e. The van der Waals surface area contributed by atoms with Gasteiger partial charge in [0.05, 0.1) is 11.9 Å². The first kappa shape index (κ1) is 25.7. The maximum absolute atomic E-state index is 13.5. The number of rotatable bonds is 9. The predicted octanol–water partition coefficient (Wildman–Crippen LogP) is 3.38. The Kier molecular flexibility index (Phi) is 8.30. The summed E-state index contributed by atoms with van der Waals surface area (Å²) in [7, 11) is -3.84. The van der Waals surface area contributed by atoms with Gasteiger partial charge in [-0.1, -0.05) is 37.1 Å². The number of amides is 2. The molecule has 1 aliphatic rings. The van der Waals surface area contributed by atoms with Crippen LogP contribution in [0, 0.1) is 12.7 Å². The van der Waals surface area contributed by atoms with Gasteiger partial charge in [0.2, 0.25) is 21.8 Å². The second kappa shape index (κ2) is 11.0. The molecule has 2 aromatic rings. The number of hydrogen-bond acceptors (Lipinski definition) is 4. The normalized spacial score (nSPS) is 15.1. The van der Waals surface area contributed by atoms with E-state index in [0.29, 0.717) is 0 Å². The molecule has 34 heavy (non-hydrogen) atoms. The van der Waals surface area contributed by atoms with Gasteiger partial charge < -0.3 is 10.2 Å². The largest absolute Gasteiger partial charge is 0.352 e. The van der Waals surface area contributed by atoms with Crippen molar-refractivity contribution in [2.24, 2.45) is 0 Å². The molecule has 3 rings (SSSR count). The molecule has 9 heteroatoms. The number of benzene rings is 2. The first-order valence-electron chi connectivity index (χ1n) is 11.4. The van der Waals surface area contributed by atoms with Crippen LogP contribution in [0.5, 0.6) is 0 Å². The van der Waals surface area contributed by atoms with Crippen molar-refractivity contribution < 1.29 is 22.4 Å². The van der Waals surface area contributed by atoms with E-state index in [-0.39, 0.29) is 24.2 Å². The molecule has 1 fully saturated rings. The van der Waals surface area contributed by atoms with Crippen LogP contribution in [-0.2, 0) is 26.2 Å². The van der Waals surface area contributed by atoms with Crippen LogP contribution in [0.1, 0.15) is 43.7 Å². The Balaban J connectivity index is 1.88. The second-order valence-electron chi connectivity index (χ2n) is 8.86. The highest BCUT2D eigenvalue weighted by atomic mass is 32.2. The van der Waals surface area contributed by atoms with Crippen molar-refractivity contribution >= 4 is 27.5 Å². The Hall–Kier alpha value is -2.94. The molecule has 0 bridgehead atoms. The molecule has 1 N–H and O–H groups in total. The summed E-state index contributed by atoms with van der Waals surface area (Å²) in [6, 6.07) is 11.7. The summed E-state index contributed by atoms with van der Waals surface area (Å²) in [5, 5.41) is 3.03. The molecule has 184 valence electrons. The summed E-state index contributed by atoms with van der Waals surface area (Å²) in [4.78, 5) is 27.9. The minimum Gasteiger partial charge on any atom is -0.352 e. The topological polar surface area (TPSA) is 86.8 Å². The van der Waals surface area contributed by atoms with E-state index in [1.54, 1.807) is 6.92 Å². The highest BCUT2D eigenvalue weighted by Gasteiger charge is 2.31.